The molecule has 0 spiro atoms. The highest BCUT2D eigenvalue weighted by Gasteiger charge is 2.27. The number of carbonyl (C=O) groups is 2. The van der Waals surface area contributed by atoms with Gasteiger partial charge in [0.1, 0.15) is 5.70 Å². The maximum absolute atomic E-state index is 12.5. The number of hydrazine groups is 1. The molecule has 0 radical (unpaired) electrons. The first kappa shape index (κ1) is 20.9. The molecule has 146 valence electrons. The van der Waals surface area contributed by atoms with Crippen LogP contribution in [0.4, 0.5) is 0 Å². The second kappa shape index (κ2) is 10.1. The lowest BCUT2D eigenvalue weighted by Crippen LogP contribution is -2.53. The van der Waals surface area contributed by atoms with Crippen molar-refractivity contribution in [3.8, 4) is 0 Å². The van der Waals surface area contributed by atoms with E-state index in [2.05, 4.69) is 35.3 Å². The SMILES string of the molecule is CC(=O)N/C(=C\c1ccccc1)C(=O)NNC(=S)N[C@H]1CCC[C@H](C)[C@H]1C. The molecule has 0 saturated heterocycles. The van der Waals surface area contributed by atoms with Crippen LogP contribution in [0.3, 0.4) is 0 Å². The first-order valence-corrected chi connectivity index (χ1v) is 9.69. The van der Waals surface area contributed by atoms with E-state index >= 15 is 0 Å². The summed E-state index contributed by atoms with van der Waals surface area (Å²) < 4.78 is 0. The van der Waals surface area contributed by atoms with Gasteiger partial charge >= 0.3 is 0 Å². The lowest BCUT2D eigenvalue weighted by molar-refractivity contribution is -0.122. The molecule has 27 heavy (non-hydrogen) atoms. The van der Waals surface area contributed by atoms with Crippen molar-refractivity contribution in [2.75, 3.05) is 0 Å². The Bertz CT molecular complexity index is 705. The molecular weight excluding hydrogens is 360 g/mol. The zero-order valence-electron chi connectivity index (χ0n) is 16.0. The Morgan fingerprint density at radius 1 is 1.11 bits per heavy atom. The smallest absolute Gasteiger partial charge is 0.286 e. The number of benzene rings is 1. The number of hydrogen-bond acceptors (Lipinski definition) is 3. The number of hydrogen-bond donors (Lipinski definition) is 4. The van der Waals surface area contributed by atoms with E-state index < -0.39 is 5.91 Å². The minimum absolute atomic E-state index is 0.142. The molecule has 0 heterocycles. The molecule has 0 aliphatic heterocycles. The largest absolute Gasteiger partial charge is 0.358 e. The van der Waals surface area contributed by atoms with Gasteiger partial charge in [0.05, 0.1) is 0 Å². The monoisotopic (exact) mass is 388 g/mol. The standard InChI is InChI=1S/C20H28N4O2S/c1-13-8-7-11-17(14(13)2)22-20(27)24-23-19(26)18(21-15(3)25)12-16-9-5-4-6-10-16/h4-6,9-10,12-14,17H,7-8,11H2,1-3H3,(H,21,25)(H,23,26)(H2,22,24,27)/b18-12-/t13-,14+,17-/m0/s1. The molecule has 3 atom stereocenters. The maximum Gasteiger partial charge on any atom is 0.286 e. The van der Waals surface area contributed by atoms with E-state index in [0.717, 1.165) is 12.0 Å². The van der Waals surface area contributed by atoms with Gasteiger partial charge in [-0.1, -0.05) is 57.0 Å². The van der Waals surface area contributed by atoms with E-state index in [1.54, 1.807) is 6.08 Å². The molecule has 1 aliphatic rings. The van der Waals surface area contributed by atoms with Gasteiger partial charge in [0, 0.05) is 13.0 Å². The molecule has 0 bridgehead atoms. The van der Waals surface area contributed by atoms with Crippen molar-refractivity contribution in [1.29, 1.82) is 0 Å². The van der Waals surface area contributed by atoms with Crippen LogP contribution in [0.15, 0.2) is 36.0 Å². The van der Waals surface area contributed by atoms with Crippen LogP contribution in [0.1, 0.15) is 45.6 Å². The summed E-state index contributed by atoms with van der Waals surface area (Å²) in [7, 11) is 0. The first-order chi connectivity index (χ1) is 12.9. The van der Waals surface area contributed by atoms with Gasteiger partial charge in [0.2, 0.25) is 5.91 Å². The van der Waals surface area contributed by atoms with Gasteiger partial charge in [-0.2, -0.15) is 0 Å². The summed E-state index contributed by atoms with van der Waals surface area (Å²) >= 11 is 5.31. The van der Waals surface area contributed by atoms with Crippen LogP contribution >= 0.6 is 12.2 Å². The van der Waals surface area contributed by atoms with Gasteiger partial charge in [-0.25, -0.2) is 0 Å². The average molecular weight is 389 g/mol. The van der Waals surface area contributed by atoms with E-state index in [0.29, 0.717) is 23.0 Å². The molecular formula is C20H28N4O2S. The van der Waals surface area contributed by atoms with Crippen LogP contribution in [0, 0.1) is 11.8 Å². The van der Waals surface area contributed by atoms with Gasteiger partial charge < -0.3 is 10.6 Å². The summed E-state index contributed by atoms with van der Waals surface area (Å²) in [6.45, 7) is 5.84. The molecule has 0 unspecified atom stereocenters. The van der Waals surface area contributed by atoms with Gasteiger partial charge in [-0.05, 0) is 42.1 Å². The summed E-state index contributed by atoms with van der Waals surface area (Å²) in [5, 5.41) is 6.21. The van der Waals surface area contributed by atoms with Gasteiger partial charge in [0.25, 0.3) is 5.91 Å². The fraction of sp³-hybridized carbons (Fsp3) is 0.450. The zero-order valence-corrected chi connectivity index (χ0v) is 16.9. The topological polar surface area (TPSA) is 82.3 Å². The summed E-state index contributed by atoms with van der Waals surface area (Å²) in [4.78, 5) is 23.9. The number of thiocarbonyl (C=S) groups is 1. The summed E-state index contributed by atoms with van der Waals surface area (Å²) in [5.74, 6) is 0.372. The van der Waals surface area contributed by atoms with Gasteiger partial charge in [-0.3, -0.25) is 20.4 Å². The van der Waals surface area contributed by atoms with Crippen LogP contribution in [-0.2, 0) is 9.59 Å². The van der Waals surface area contributed by atoms with Crippen molar-refractivity contribution in [2.45, 2.75) is 46.1 Å². The molecule has 1 fully saturated rings. The van der Waals surface area contributed by atoms with Crippen molar-refractivity contribution < 1.29 is 9.59 Å². The van der Waals surface area contributed by atoms with Crippen molar-refractivity contribution in [3.05, 3.63) is 41.6 Å². The lowest BCUT2D eigenvalue weighted by Gasteiger charge is -2.35. The molecule has 1 saturated carbocycles. The molecule has 1 aromatic carbocycles. The van der Waals surface area contributed by atoms with Crippen LogP contribution in [0.5, 0.6) is 0 Å². The molecule has 1 aromatic rings. The Balaban J connectivity index is 1.93. The third-order valence-corrected chi connectivity index (χ3v) is 5.20. The number of nitrogens with one attached hydrogen (secondary N) is 4. The highest BCUT2D eigenvalue weighted by molar-refractivity contribution is 7.80. The van der Waals surface area contributed by atoms with Crippen LogP contribution in [0.2, 0.25) is 0 Å². The van der Waals surface area contributed by atoms with E-state index in [1.807, 2.05) is 30.3 Å². The summed E-state index contributed by atoms with van der Waals surface area (Å²) in [6.07, 6.45) is 5.08. The van der Waals surface area contributed by atoms with Crippen LogP contribution in [0.25, 0.3) is 6.08 Å². The maximum atomic E-state index is 12.5. The molecule has 1 aliphatic carbocycles. The molecule has 2 rings (SSSR count). The Kier molecular flexibility index (Phi) is 7.79. The van der Waals surface area contributed by atoms with E-state index in [-0.39, 0.29) is 11.6 Å². The minimum atomic E-state index is -0.469. The van der Waals surface area contributed by atoms with Crippen molar-refractivity contribution in [1.82, 2.24) is 21.5 Å². The highest BCUT2D eigenvalue weighted by Crippen LogP contribution is 2.29. The molecule has 0 aromatic heterocycles. The zero-order chi connectivity index (χ0) is 19.8. The van der Waals surface area contributed by atoms with Crippen LogP contribution in [-0.4, -0.2) is 23.0 Å². The first-order valence-electron chi connectivity index (χ1n) is 9.28. The fourth-order valence-corrected chi connectivity index (χ4v) is 3.44. The molecule has 7 heteroatoms. The van der Waals surface area contributed by atoms with E-state index in [1.165, 1.54) is 19.8 Å². The second-order valence-electron chi connectivity index (χ2n) is 7.08. The number of amides is 2. The van der Waals surface area contributed by atoms with E-state index in [9.17, 15) is 9.59 Å². The fourth-order valence-electron chi connectivity index (χ4n) is 3.24. The summed E-state index contributed by atoms with van der Waals surface area (Å²) in [5.41, 5.74) is 6.23. The van der Waals surface area contributed by atoms with E-state index in [4.69, 9.17) is 12.2 Å². The Labute approximate surface area is 166 Å². The minimum Gasteiger partial charge on any atom is -0.358 e. The predicted octanol–water partition coefficient (Wildman–Crippen LogP) is 2.48. The highest BCUT2D eigenvalue weighted by atomic mass is 32.1. The quantitative estimate of drug-likeness (QED) is 0.362. The number of carbonyl (C=O) groups excluding carboxylic acids is 2. The molecule has 6 nitrogen and oxygen atoms in total. The third-order valence-electron chi connectivity index (χ3n) is 4.98. The molecule has 4 N–H and O–H groups in total. The summed E-state index contributed by atoms with van der Waals surface area (Å²) in [6, 6.07) is 9.59. The Morgan fingerprint density at radius 3 is 2.48 bits per heavy atom. The Hall–Kier alpha value is -2.41. The van der Waals surface area contributed by atoms with Crippen molar-refractivity contribution >= 4 is 35.2 Å². The lowest BCUT2D eigenvalue weighted by atomic mass is 9.78. The number of rotatable bonds is 4. The molecule has 2 amide bonds. The normalized spacial score (nSPS) is 22.5. The predicted molar refractivity (Wildman–Crippen MR) is 111 cm³/mol. The third kappa shape index (κ3) is 6.67. The van der Waals surface area contributed by atoms with Crippen molar-refractivity contribution in [2.24, 2.45) is 11.8 Å². The van der Waals surface area contributed by atoms with Crippen LogP contribution < -0.4 is 21.5 Å². The average Bonchev–Trinajstić information content (AvgIpc) is 2.63. The van der Waals surface area contributed by atoms with Gasteiger partial charge in [0.15, 0.2) is 5.11 Å². The second-order valence-corrected chi connectivity index (χ2v) is 7.48. The van der Waals surface area contributed by atoms with Gasteiger partial charge in [-0.15, -0.1) is 0 Å². The Morgan fingerprint density at radius 2 is 1.81 bits per heavy atom. The van der Waals surface area contributed by atoms with Crippen molar-refractivity contribution in [3.63, 3.8) is 0 Å².